The molecule has 2 spiro atoms. The lowest BCUT2D eigenvalue weighted by Gasteiger charge is -2.46. The number of hydrogen-bond acceptors (Lipinski definition) is 16. The fourth-order valence-corrected chi connectivity index (χ4v) is 5.66. The molecule has 276 valence electrons. The molecule has 0 radical (unpaired) electrons. The van der Waals surface area contributed by atoms with Crippen LogP contribution in [0.5, 0.6) is 0 Å². The lowest BCUT2D eigenvalue weighted by Crippen LogP contribution is -2.54. The predicted octanol–water partition coefficient (Wildman–Crippen LogP) is 4.17. The monoisotopic (exact) mass is 724 g/mol. The molecule has 16 heteroatoms. The molecular weight excluding hydrogens is 688 g/mol. The summed E-state index contributed by atoms with van der Waals surface area (Å²) < 4.78 is 42.7. The van der Waals surface area contributed by atoms with Crippen molar-refractivity contribution in [3.8, 4) is 0 Å². The smallest absolute Gasteiger partial charge is 0.348 e. The maximum Gasteiger partial charge on any atom is 0.348 e. The molecule has 0 aromatic heterocycles. The zero-order valence-corrected chi connectivity index (χ0v) is 28.6. The summed E-state index contributed by atoms with van der Waals surface area (Å²) in [6.45, 7) is 6.24. The number of aliphatic hydroxyl groups is 2. The van der Waals surface area contributed by atoms with Crippen molar-refractivity contribution in [1.82, 2.24) is 0 Å². The number of cyclic esters (lactones) is 3. The van der Waals surface area contributed by atoms with Crippen LogP contribution in [0.25, 0.3) is 0 Å². The van der Waals surface area contributed by atoms with Crippen molar-refractivity contribution in [2.45, 2.75) is 89.4 Å². The molecule has 1 atom stereocenters. The summed E-state index contributed by atoms with van der Waals surface area (Å²) in [4.78, 5) is 74.8. The van der Waals surface area contributed by atoms with Gasteiger partial charge in [0.25, 0.3) is 35.0 Å². The summed E-state index contributed by atoms with van der Waals surface area (Å²) in [5.74, 6) is -12.5. The molecule has 5 aliphatic rings. The molecule has 0 aromatic rings. The third kappa shape index (κ3) is 8.11. The number of hydrogen-bond donors (Lipinski definition) is 2. The molecule has 4 aliphatic heterocycles. The molecule has 0 amide bonds. The van der Waals surface area contributed by atoms with Gasteiger partial charge < -0.3 is 48.1 Å². The molecule has 52 heavy (non-hydrogen) atoms. The minimum absolute atomic E-state index is 0.104. The molecule has 3 fully saturated rings. The second-order valence-electron chi connectivity index (χ2n) is 12.7. The van der Waals surface area contributed by atoms with Gasteiger partial charge in [0.1, 0.15) is 22.3 Å². The number of carbonyl (C=O) groups is 6. The molecule has 2 N–H and O–H groups in total. The third-order valence-electron chi connectivity index (χ3n) is 8.17. The zero-order valence-electron chi connectivity index (χ0n) is 28.6. The standard InChI is InChI=1S/C36H36O16/c1-5-16-34(4)47-27(39)22(28(40)48-34)13-9-7-11-15-24-31(43)51-36(52-32(24)44)19-17-35(18-20-36)49-29(41)23(30(42)50-35)14-10-6-8-12-21-25(37)45-33(2,3)46-26(21)38/h6-15,39,41H,5,16-20H2,1-4H3/b8-6+,11-7+,13-9+,14-10+,24-15?. The average Bonchev–Trinajstić information content (AvgIpc) is 3.02. The van der Waals surface area contributed by atoms with E-state index in [0.29, 0.717) is 12.8 Å². The molecule has 1 saturated carbocycles. The van der Waals surface area contributed by atoms with Crippen molar-refractivity contribution in [1.29, 1.82) is 0 Å². The number of rotatable bonds is 8. The van der Waals surface area contributed by atoms with E-state index in [0.717, 1.165) is 6.08 Å². The van der Waals surface area contributed by atoms with Crippen LogP contribution in [0.15, 0.2) is 94.9 Å². The Hall–Kier alpha value is -6.06. The zero-order chi connectivity index (χ0) is 37.9. The van der Waals surface area contributed by atoms with Crippen molar-refractivity contribution in [2.24, 2.45) is 0 Å². The van der Waals surface area contributed by atoms with E-state index in [4.69, 9.17) is 37.9 Å². The Balaban J connectivity index is 1.15. The van der Waals surface area contributed by atoms with Gasteiger partial charge in [-0.25, -0.2) is 28.8 Å². The first-order valence-electron chi connectivity index (χ1n) is 16.2. The Labute approximate surface area is 296 Å². The fraction of sp³-hybridized carbons (Fsp3) is 0.389. The molecule has 2 saturated heterocycles. The maximum absolute atomic E-state index is 12.8. The van der Waals surface area contributed by atoms with E-state index in [1.165, 1.54) is 75.5 Å². The average molecular weight is 725 g/mol. The van der Waals surface area contributed by atoms with E-state index < -0.39 is 76.4 Å². The third-order valence-corrected chi connectivity index (χ3v) is 8.17. The van der Waals surface area contributed by atoms with Crippen LogP contribution >= 0.6 is 0 Å². The second-order valence-corrected chi connectivity index (χ2v) is 12.7. The molecule has 4 heterocycles. The first-order chi connectivity index (χ1) is 24.5. The van der Waals surface area contributed by atoms with Gasteiger partial charge in [-0.2, -0.15) is 0 Å². The molecule has 1 aliphatic carbocycles. The first-order valence-corrected chi connectivity index (χ1v) is 16.2. The summed E-state index contributed by atoms with van der Waals surface area (Å²) in [6, 6.07) is 0. The van der Waals surface area contributed by atoms with Crippen molar-refractivity contribution in [3.63, 3.8) is 0 Å². The van der Waals surface area contributed by atoms with Gasteiger partial charge in [0.05, 0.1) is 0 Å². The van der Waals surface area contributed by atoms with Gasteiger partial charge in [0.15, 0.2) is 0 Å². The van der Waals surface area contributed by atoms with Crippen molar-refractivity contribution >= 4 is 35.8 Å². The van der Waals surface area contributed by atoms with Gasteiger partial charge >= 0.3 is 35.8 Å². The topological polar surface area (TPSA) is 217 Å². The first kappa shape index (κ1) is 37.2. The van der Waals surface area contributed by atoms with Gasteiger partial charge in [0.2, 0.25) is 0 Å². The van der Waals surface area contributed by atoms with Crippen LogP contribution in [0.2, 0.25) is 0 Å². The van der Waals surface area contributed by atoms with Crippen LogP contribution in [0, 0.1) is 0 Å². The van der Waals surface area contributed by atoms with Gasteiger partial charge in [-0.15, -0.1) is 0 Å². The lowest BCUT2D eigenvalue weighted by molar-refractivity contribution is -0.297. The Kier molecular flexibility index (Phi) is 10.2. The largest absolute Gasteiger partial charge is 0.480 e. The van der Waals surface area contributed by atoms with Crippen molar-refractivity contribution < 1.29 is 76.9 Å². The van der Waals surface area contributed by atoms with E-state index in [1.54, 1.807) is 0 Å². The highest BCUT2D eigenvalue weighted by molar-refractivity contribution is 6.16. The maximum atomic E-state index is 12.8. The Morgan fingerprint density at radius 3 is 1.37 bits per heavy atom. The van der Waals surface area contributed by atoms with Crippen molar-refractivity contribution in [2.75, 3.05) is 0 Å². The van der Waals surface area contributed by atoms with Gasteiger partial charge in [0, 0.05) is 52.9 Å². The van der Waals surface area contributed by atoms with Gasteiger partial charge in [-0.05, 0) is 30.7 Å². The number of carbonyl (C=O) groups excluding carboxylic acids is 6. The van der Waals surface area contributed by atoms with Gasteiger partial charge in [-0.3, -0.25) is 0 Å². The summed E-state index contributed by atoms with van der Waals surface area (Å²) >= 11 is 0. The molecule has 16 nitrogen and oxygen atoms in total. The van der Waals surface area contributed by atoms with E-state index >= 15 is 0 Å². The quantitative estimate of drug-likeness (QED) is 0.118. The summed E-state index contributed by atoms with van der Waals surface area (Å²) in [6.07, 6.45) is 13.4. The molecule has 0 bridgehead atoms. The van der Waals surface area contributed by atoms with E-state index in [1.807, 2.05) is 6.92 Å². The summed E-state index contributed by atoms with van der Waals surface area (Å²) in [7, 11) is 0. The highest BCUT2D eigenvalue weighted by Gasteiger charge is 2.56. The highest BCUT2D eigenvalue weighted by atomic mass is 16.8. The van der Waals surface area contributed by atoms with Crippen molar-refractivity contribution in [3.05, 3.63) is 94.9 Å². The Morgan fingerprint density at radius 2 is 0.923 bits per heavy atom. The summed E-state index contributed by atoms with van der Waals surface area (Å²) in [5, 5.41) is 20.7. The SMILES string of the molecule is CCCC1(C)OC(=O)C(/C=C/C=C/C=C2C(=O)OC3(CCC4(CC3)OC(=O)C(/C=C/C=C/C=C3C(=O)OC(C)(C)OC3=O)=C(O)O4)OC2=O)=C(O)O1. The predicted molar refractivity (Wildman–Crippen MR) is 172 cm³/mol. The number of ether oxygens (including phenoxy) is 8. The Morgan fingerprint density at radius 1 is 0.519 bits per heavy atom. The van der Waals surface area contributed by atoms with Crippen LogP contribution in [-0.4, -0.2) is 69.2 Å². The van der Waals surface area contributed by atoms with Crippen LogP contribution in [0.1, 0.15) is 66.2 Å². The minimum atomic E-state index is -1.65. The van der Waals surface area contributed by atoms with E-state index in [9.17, 15) is 39.0 Å². The van der Waals surface area contributed by atoms with Crippen LogP contribution < -0.4 is 0 Å². The minimum Gasteiger partial charge on any atom is -0.480 e. The number of esters is 6. The van der Waals surface area contributed by atoms with Crippen LogP contribution in [-0.2, 0) is 66.7 Å². The summed E-state index contributed by atoms with van der Waals surface area (Å²) in [5.41, 5.74) is -1.26. The molecular formula is C36H36O16. The second kappa shape index (κ2) is 14.3. The van der Waals surface area contributed by atoms with E-state index in [-0.39, 0.29) is 42.4 Å². The van der Waals surface area contributed by atoms with E-state index in [2.05, 4.69) is 0 Å². The normalized spacial score (nSPS) is 27.5. The molecule has 5 rings (SSSR count). The van der Waals surface area contributed by atoms with Gasteiger partial charge in [-0.1, -0.05) is 43.4 Å². The number of aliphatic hydroxyl groups excluding tert-OH is 2. The van der Waals surface area contributed by atoms with Crippen LogP contribution in [0.4, 0.5) is 0 Å². The fourth-order valence-electron chi connectivity index (χ4n) is 5.66. The lowest BCUT2D eigenvalue weighted by atomic mass is 9.87. The van der Waals surface area contributed by atoms with Crippen LogP contribution in [0.3, 0.4) is 0 Å². The highest BCUT2D eigenvalue weighted by Crippen LogP contribution is 2.46. The Bertz CT molecular complexity index is 1780. The molecule has 1 unspecified atom stereocenters. The number of allylic oxidation sites excluding steroid dienone is 8. The molecule has 0 aromatic carbocycles.